The Hall–Kier alpha value is -0.0800. The van der Waals surface area contributed by atoms with Gasteiger partial charge in [0, 0.05) is 25.2 Å². The predicted molar refractivity (Wildman–Crippen MR) is 67.5 cm³/mol. The van der Waals surface area contributed by atoms with Crippen molar-refractivity contribution in [2.24, 2.45) is 11.8 Å². The van der Waals surface area contributed by atoms with Crippen LogP contribution >= 0.6 is 0 Å². The second kappa shape index (κ2) is 4.66. The maximum atomic E-state index is 3.82. The van der Waals surface area contributed by atoms with Crippen LogP contribution < -0.4 is 5.32 Å². The van der Waals surface area contributed by atoms with E-state index in [9.17, 15) is 0 Å². The van der Waals surface area contributed by atoms with Crippen LogP contribution in [-0.2, 0) is 0 Å². The first-order valence-electron chi connectivity index (χ1n) is 7.30. The summed E-state index contributed by atoms with van der Waals surface area (Å²) < 4.78 is 0. The summed E-state index contributed by atoms with van der Waals surface area (Å²) in [6, 6.07) is 1.73. The summed E-state index contributed by atoms with van der Waals surface area (Å²) >= 11 is 0. The van der Waals surface area contributed by atoms with Crippen molar-refractivity contribution in [3.8, 4) is 0 Å². The summed E-state index contributed by atoms with van der Waals surface area (Å²) in [6.07, 6.45) is 10.3. The Morgan fingerprint density at radius 1 is 1.00 bits per heavy atom. The molecule has 2 heteroatoms. The van der Waals surface area contributed by atoms with Crippen LogP contribution in [0.1, 0.15) is 44.9 Å². The van der Waals surface area contributed by atoms with Gasteiger partial charge in [0.05, 0.1) is 0 Å². The Morgan fingerprint density at radius 3 is 2.62 bits per heavy atom. The van der Waals surface area contributed by atoms with Gasteiger partial charge < -0.3 is 10.2 Å². The highest BCUT2D eigenvalue weighted by Gasteiger charge is 2.43. The van der Waals surface area contributed by atoms with E-state index >= 15 is 0 Å². The van der Waals surface area contributed by atoms with Crippen LogP contribution in [0.4, 0.5) is 0 Å². The highest BCUT2D eigenvalue weighted by atomic mass is 15.2. The minimum atomic E-state index is 0.832. The molecule has 2 aliphatic carbocycles. The zero-order valence-corrected chi connectivity index (χ0v) is 10.6. The van der Waals surface area contributed by atoms with Gasteiger partial charge in [-0.2, -0.15) is 0 Å². The average molecular weight is 222 g/mol. The van der Waals surface area contributed by atoms with Crippen LogP contribution in [0.2, 0.25) is 0 Å². The fourth-order valence-corrected chi connectivity index (χ4v) is 4.05. The Morgan fingerprint density at radius 2 is 1.81 bits per heavy atom. The molecule has 2 saturated carbocycles. The van der Waals surface area contributed by atoms with Crippen molar-refractivity contribution in [2.75, 3.05) is 20.1 Å². The van der Waals surface area contributed by atoms with E-state index in [2.05, 4.69) is 17.3 Å². The number of likely N-dealkylation sites (N-methyl/N-ethyl adjacent to an activating group) is 1. The van der Waals surface area contributed by atoms with Crippen molar-refractivity contribution in [3.05, 3.63) is 0 Å². The smallest absolute Gasteiger partial charge is 0.0164 e. The molecule has 0 spiro atoms. The number of rotatable bonds is 1. The lowest BCUT2D eigenvalue weighted by Crippen LogP contribution is -2.43. The van der Waals surface area contributed by atoms with Gasteiger partial charge >= 0.3 is 0 Å². The molecule has 2 nitrogen and oxygen atoms in total. The SMILES string of the molecule is CN1CCNC2CCCCC[C@H]2[C@@H]1C1CC1. The zero-order valence-electron chi connectivity index (χ0n) is 10.6. The molecule has 3 fully saturated rings. The minimum Gasteiger partial charge on any atom is -0.312 e. The summed E-state index contributed by atoms with van der Waals surface area (Å²) in [5.41, 5.74) is 0. The molecule has 3 aliphatic rings. The predicted octanol–water partition coefficient (Wildman–Crippen LogP) is 2.25. The first-order valence-corrected chi connectivity index (χ1v) is 7.30. The summed E-state index contributed by atoms with van der Waals surface area (Å²) in [7, 11) is 2.36. The molecule has 16 heavy (non-hydrogen) atoms. The Bertz CT molecular complexity index is 237. The molecule has 3 atom stereocenters. The number of hydrogen-bond donors (Lipinski definition) is 1. The standard InChI is InChI=1S/C14H26N2/c1-16-10-9-15-13-6-4-2-3-5-12(13)14(16)11-7-8-11/h11-15H,2-10H2,1H3/t12-,13?,14+/m1/s1. The topological polar surface area (TPSA) is 15.3 Å². The van der Waals surface area contributed by atoms with E-state index in [1.165, 1.54) is 58.0 Å². The van der Waals surface area contributed by atoms with E-state index in [1.54, 1.807) is 0 Å². The lowest BCUT2D eigenvalue weighted by Gasteiger charge is -2.35. The van der Waals surface area contributed by atoms with Gasteiger partial charge in [-0.25, -0.2) is 0 Å². The van der Waals surface area contributed by atoms with Crippen molar-refractivity contribution in [1.82, 2.24) is 10.2 Å². The van der Waals surface area contributed by atoms with Gasteiger partial charge in [0.15, 0.2) is 0 Å². The van der Waals surface area contributed by atoms with Gasteiger partial charge in [-0.15, -0.1) is 0 Å². The summed E-state index contributed by atoms with van der Waals surface area (Å²) in [4.78, 5) is 2.67. The van der Waals surface area contributed by atoms with Crippen LogP contribution in [0.3, 0.4) is 0 Å². The highest BCUT2D eigenvalue weighted by molar-refractivity contribution is 4.98. The van der Waals surface area contributed by atoms with Crippen LogP contribution in [0.25, 0.3) is 0 Å². The molecule has 0 amide bonds. The molecule has 1 N–H and O–H groups in total. The van der Waals surface area contributed by atoms with E-state index in [0.29, 0.717) is 0 Å². The second-order valence-electron chi connectivity index (χ2n) is 6.17. The molecule has 1 saturated heterocycles. The lowest BCUT2D eigenvalue weighted by atomic mass is 9.84. The summed E-state index contributed by atoms with van der Waals surface area (Å²) in [5.74, 6) is 1.98. The molecular formula is C14H26N2. The van der Waals surface area contributed by atoms with Crippen molar-refractivity contribution in [3.63, 3.8) is 0 Å². The van der Waals surface area contributed by atoms with Crippen LogP contribution in [0.15, 0.2) is 0 Å². The Kier molecular flexibility index (Phi) is 3.21. The molecule has 1 aliphatic heterocycles. The summed E-state index contributed by atoms with van der Waals surface area (Å²) in [6.45, 7) is 2.47. The molecular weight excluding hydrogens is 196 g/mol. The van der Waals surface area contributed by atoms with Gasteiger partial charge in [-0.05, 0) is 44.6 Å². The maximum Gasteiger partial charge on any atom is 0.0164 e. The van der Waals surface area contributed by atoms with Gasteiger partial charge in [-0.3, -0.25) is 0 Å². The van der Waals surface area contributed by atoms with Gasteiger partial charge in [0.1, 0.15) is 0 Å². The molecule has 3 rings (SSSR count). The average Bonchev–Trinajstić information content (AvgIpc) is 3.05. The number of nitrogens with one attached hydrogen (secondary N) is 1. The molecule has 0 aromatic heterocycles. The van der Waals surface area contributed by atoms with Crippen molar-refractivity contribution in [1.29, 1.82) is 0 Å². The number of fused-ring (bicyclic) bond motifs is 1. The molecule has 0 bridgehead atoms. The normalized spacial score (nSPS) is 42.2. The first-order chi connectivity index (χ1) is 7.86. The quantitative estimate of drug-likeness (QED) is 0.732. The summed E-state index contributed by atoms with van der Waals surface area (Å²) in [5, 5.41) is 3.82. The largest absolute Gasteiger partial charge is 0.312 e. The third-order valence-electron chi connectivity index (χ3n) is 4.99. The van der Waals surface area contributed by atoms with E-state index in [0.717, 1.165) is 23.9 Å². The second-order valence-corrected chi connectivity index (χ2v) is 6.17. The number of hydrogen-bond acceptors (Lipinski definition) is 2. The van der Waals surface area contributed by atoms with Gasteiger partial charge in [-0.1, -0.05) is 19.3 Å². The minimum absolute atomic E-state index is 0.832. The molecule has 1 heterocycles. The van der Waals surface area contributed by atoms with Gasteiger partial charge in [0.25, 0.3) is 0 Å². The van der Waals surface area contributed by atoms with E-state index < -0.39 is 0 Å². The monoisotopic (exact) mass is 222 g/mol. The lowest BCUT2D eigenvalue weighted by molar-refractivity contribution is 0.150. The fourth-order valence-electron chi connectivity index (χ4n) is 4.05. The molecule has 0 radical (unpaired) electrons. The molecule has 92 valence electrons. The van der Waals surface area contributed by atoms with E-state index in [1.807, 2.05) is 0 Å². The zero-order chi connectivity index (χ0) is 11.0. The van der Waals surface area contributed by atoms with Crippen LogP contribution in [0.5, 0.6) is 0 Å². The highest BCUT2D eigenvalue weighted by Crippen LogP contribution is 2.42. The van der Waals surface area contributed by atoms with E-state index in [4.69, 9.17) is 0 Å². The Labute approximate surface area is 99.8 Å². The Balaban J connectivity index is 1.79. The fraction of sp³-hybridized carbons (Fsp3) is 1.00. The number of nitrogens with zero attached hydrogens (tertiary/aromatic N) is 1. The first kappa shape index (κ1) is 11.0. The van der Waals surface area contributed by atoms with Crippen molar-refractivity contribution < 1.29 is 0 Å². The van der Waals surface area contributed by atoms with Gasteiger partial charge in [0.2, 0.25) is 0 Å². The van der Waals surface area contributed by atoms with Crippen molar-refractivity contribution >= 4 is 0 Å². The van der Waals surface area contributed by atoms with Crippen molar-refractivity contribution in [2.45, 2.75) is 57.0 Å². The molecule has 1 unspecified atom stereocenters. The maximum absolute atomic E-state index is 3.82. The van der Waals surface area contributed by atoms with Crippen LogP contribution in [-0.4, -0.2) is 37.1 Å². The third-order valence-corrected chi connectivity index (χ3v) is 4.99. The third kappa shape index (κ3) is 2.14. The molecule has 0 aromatic rings. The van der Waals surface area contributed by atoms with Crippen LogP contribution in [0, 0.1) is 11.8 Å². The van der Waals surface area contributed by atoms with E-state index in [-0.39, 0.29) is 0 Å². The molecule has 0 aromatic carbocycles.